The molecular formula is C20H21FN4O. The van der Waals surface area contributed by atoms with Gasteiger partial charge in [0.05, 0.1) is 0 Å². The van der Waals surface area contributed by atoms with Crippen molar-refractivity contribution in [2.24, 2.45) is 7.05 Å². The number of carbonyl (C=O) groups excluding carboxylic acids is 1. The second-order valence-electron chi connectivity index (χ2n) is 6.18. The molecule has 0 aliphatic carbocycles. The van der Waals surface area contributed by atoms with Crippen LogP contribution in [0.3, 0.4) is 0 Å². The third-order valence-electron chi connectivity index (χ3n) is 4.18. The fourth-order valence-corrected chi connectivity index (χ4v) is 2.80. The Morgan fingerprint density at radius 2 is 2.00 bits per heavy atom. The second kappa shape index (κ2) is 7.82. The minimum atomic E-state index is -0.545. The van der Waals surface area contributed by atoms with E-state index < -0.39 is 6.04 Å². The predicted octanol–water partition coefficient (Wildman–Crippen LogP) is 3.49. The maximum Gasteiger partial charge on any atom is 0.318 e. The summed E-state index contributed by atoms with van der Waals surface area (Å²) in [6.07, 6.45) is 3.45. The summed E-state index contributed by atoms with van der Waals surface area (Å²) in [5.41, 5.74) is 1.67. The molecule has 3 aromatic rings. The largest absolute Gasteiger partial charge is 0.336 e. The van der Waals surface area contributed by atoms with Crippen LogP contribution < -0.4 is 5.32 Å². The lowest BCUT2D eigenvalue weighted by Crippen LogP contribution is -2.40. The van der Waals surface area contributed by atoms with Crippen molar-refractivity contribution in [1.82, 2.24) is 19.8 Å². The normalized spacial score (nSPS) is 11.8. The Balaban J connectivity index is 1.81. The first-order chi connectivity index (χ1) is 12.5. The van der Waals surface area contributed by atoms with E-state index in [0.29, 0.717) is 17.9 Å². The van der Waals surface area contributed by atoms with Crippen molar-refractivity contribution in [3.8, 4) is 0 Å². The molecule has 1 aromatic heterocycles. The smallest absolute Gasteiger partial charge is 0.318 e. The van der Waals surface area contributed by atoms with Crippen LogP contribution in [0.4, 0.5) is 9.18 Å². The Morgan fingerprint density at radius 3 is 2.65 bits per heavy atom. The van der Waals surface area contributed by atoms with Crippen LogP contribution in [0.25, 0.3) is 0 Å². The molecule has 0 spiro atoms. The molecule has 26 heavy (non-hydrogen) atoms. The highest BCUT2D eigenvalue weighted by atomic mass is 19.1. The van der Waals surface area contributed by atoms with Gasteiger partial charge < -0.3 is 14.8 Å². The summed E-state index contributed by atoms with van der Waals surface area (Å²) in [5.74, 6) is 0.283. The first kappa shape index (κ1) is 17.7. The standard InChI is InChI=1S/C20H21FN4O/c1-24-12-11-22-19(24)18(16-9-6-10-17(21)13-16)23-20(26)25(2)14-15-7-4-3-5-8-15/h3-13,18H,14H2,1-2H3,(H,23,26). The zero-order chi connectivity index (χ0) is 18.5. The second-order valence-corrected chi connectivity index (χ2v) is 6.18. The van der Waals surface area contributed by atoms with Gasteiger partial charge in [0, 0.05) is 33.0 Å². The molecule has 0 saturated carbocycles. The quantitative estimate of drug-likeness (QED) is 0.764. The van der Waals surface area contributed by atoms with Gasteiger partial charge in [-0.15, -0.1) is 0 Å². The molecule has 2 aromatic carbocycles. The maximum absolute atomic E-state index is 13.7. The first-order valence-corrected chi connectivity index (χ1v) is 8.33. The van der Waals surface area contributed by atoms with Gasteiger partial charge in [-0.3, -0.25) is 0 Å². The monoisotopic (exact) mass is 352 g/mol. The molecular weight excluding hydrogens is 331 g/mol. The molecule has 0 fully saturated rings. The molecule has 0 radical (unpaired) electrons. The Hall–Kier alpha value is -3.15. The van der Waals surface area contributed by atoms with E-state index in [-0.39, 0.29) is 11.8 Å². The van der Waals surface area contributed by atoms with Crippen molar-refractivity contribution in [2.75, 3.05) is 7.05 Å². The first-order valence-electron chi connectivity index (χ1n) is 8.33. The number of imidazole rings is 1. The van der Waals surface area contributed by atoms with Crippen LogP contribution in [0.15, 0.2) is 67.0 Å². The average Bonchev–Trinajstić information content (AvgIpc) is 3.06. The van der Waals surface area contributed by atoms with Crippen molar-refractivity contribution in [3.05, 3.63) is 89.8 Å². The predicted molar refractivity (Wildman–Crippen MR) is 97.9 cm³/mol. The fraction of sp³-hybridized carbons (Fsp3) is 0.200. The molecule has 0 aliphatic heterocycles. The summed E-state index contributed by atoms with van der Waals surface area (Å²) in [6.45, 7) is 0.475. The van der Waals surface area contributed by atoms with E-state index in [9.17, 15) is 9.18 Å². The summed E-state index contributed by atoms with van der Waals surface area (Å²) in [7, 11) is 3.57. The number of aromatic nitrogens is 2. The van der Waals surface area contributed by atoms with E-state index >= 15 is 0 Å². The summed E-state index contributed by atoms with van der Waals surface area (Å²) in [4.78, 5) is 18.6. The fourth-order valence-electron chi connectivity index (χ4n) is 2.80. The highest BCUT2D eigenvalue weighted by Crippen LogP contribution is 2.21. The van der Waals surface area contributed by atoms with Gasteiger partial charge in [-0.05, 0) is 23.3 Å². The lowest BCUT2D eigenvalue weighted by atomic mass is 10.1. The van der Waals surface area contributed by atoms with Crippen molar-refractivity contribution in [1.29, 1.82) is 0 Å². The third-order valence-corrected chi connectivity index (χ3v) is 4.18. The Kier molecular flexibility index (Phi) is 5.31. The number of benzene rings is 2. The number of nitrogens with zero attached hydrogens (tertiary/aromatic N) is 3. The van der Waals surface area contributed by atoms with Crippen LogP contribution in [0.5, 0.6) is 0 Å². The summed E-state index contributed by atoms with van der Waals surface area (Å²) >= 11 is 0. The molecule has 134 valence electrons. The molecule has 1 unspecified atom stereocenters. The van der Waals surface area contributed by atoms with Gasteiger partial charge >= 0.3 is 6.03 Å². The molecule has 6 heteroatoms. The van der Waals surface area contributed by atoms with Crippen molar-refractivity contribution in [3.63, 3.8) is 0 Å². The van der Waals surface area contributed by atoms with Gasteiger partial charge in [0.1, 0.15) is 17.7 Å². The summed E-state index contributed by atoms with van der Waals surface area (Å²) < 4.78 is 15.5. The van der Waals surface area contributed by atoms with Crippen LogP contribution in [0.1, 0.15) is 23.0 Å². The van der Waals surface area contributed by atoms with E-state index in [1.807, 2.05) is 41.9 Å². The van der Waals surface area contributed by atoms with Gasteiger partial charge in [-0.1, -0.05) is 42.5 Å². The molecule has 0 bridgehead atoms. The lowest BCUT2D eigenvalue weighted by molar-refractivity contribution is 0.204. The zero-order valence-electron chi connectivity index (χ0n) is 14.8. The molecule has 2 amide bonds. The number of hydrogen-bond acceptors (Lipinski definition) is 2. The number of rotatable bonds is 5. The Bertz CT molecular complexity index is 878. The Labute approximate surface area is 152 Å². The van der Waals surface area contributed by atoms with E-state index in [2.05, 4.69) is 10.3 Å². The van der Waals surface area contributed by atoms with Crippen molar-refractivity contribution >= 4 is 6.03 Å². The van der Waals surface area contributed by atoms with E-state index in [4.69, 9.17) is 0 Å². The van der Waals surface area contributed by atoms with E-state index in [1.54, 1.807) is 36.5 Å². The molecule has 5 nitrogen and oxygen atoms in total. The lowest BCUT2D eigenvalue weighted by Gasteiger charge is -2.24. The van der Waals surface area contributed by atoms with Gasteiger partial charge in [-0.2, -0.15) is 0 Å². The third kappa shape index (κ3) is 4.08. The van der Waals surface area contributed by atoms with Gasteiger partial charge in [0.2, 0.25) is 0 Å². The topological polar surface area (TPSA) is 50.2 Å². The summed E-state index contributed by atoms with van der Waals surface area (Å²) in [5, 5.41) is 2.96. The number of hydrogen-bond donors (Lipinski definition) is 1. The van der Waals surface area contributed by atoms with E-state index in [1.165, 1.54) is 12.1 Å². The van der Waals surface area contributed by atoms with Gasteiger partial charge in [-0.25, -0.2) is 14.2 Å². The van der Waals surface area contributed by atoms with Crippen LogP contribution >= 0.6 is 0 Å². The summed E-state index contributed by atoms with van der Waals surface area (Å²) in [6, 6.07) is 15.1. The number of amides is 2. The van der Waals surface area contributed by atoms with Crippen LogP contribution in [0.2, 0.25) is 0 Å². The van der Waals surface area contributed by atoms with E-state index in [0.717, 1.165) is 5.56 Å². The minimum Gasteiger partial charge on any atom is -0.336 e. The zero-order valence-corrected chi connectivity index (χ0v) is 14.8. The SMILES string of the molecule is CN(Cc1ccccc1)C(=O)NC(c1cccc(F)c1)c1nccn1C. The average molecular weight is 352 g/mol. The molecule has 3 rings (SSSR count). The van der Waals surface area contributed by atoms with Crippen molar-refractivity contribution < 1.29 is 9.18 Å². The highest BCUT2D eigenvalue weighted by molar-refractivity contribution is 5.74. The minimum absolute atomic E-state index is 0.258. The molecule has 1 atom stereocenters. The molecule has 1 N–H and O–H groups in total. The van der Waals surface area contributed by atoms with Crippen LogP contribution in [-0.4, -0.2) is 27.5 Å². The maximum atomic E-state index is 13.7. The van der Waals surface area contributed by atoms with Gasteiger partial charge in [0.25, 0.3) is 0 Å². The number of halogens is 1. The van der Waals surface area contributed by atoms with Gasteiger partial charge in [0.15, 0.2) is 0 Å². The highest BCUT2D eigenvalue weighted by Gasteiger charge is 2.22. The number of aryl methyl sites for hydroxylation is 1. The molecule has 0 aliphatic rings. The van der Waals surface area contributed by atoms with Crippen molar-refractivity contribution in [2.45, 2.75) is 12.6 Å². The number of carbonyl (C=O) groups is 1. The van der Waals surface area contributed by atoms with Crippen LogP contribution in [-0.2, 0) is 13.6 Å². The van der Waals surface area contributed by atoms with Crippen LogP contribution in [0, 0.1) is 5.82 Å². The number of nitrogens with one attached hydrogen (secondary N) is 1. The molecule has 1 heterocycles. The molecule has 0 saturated heterocycles. The number of urea groups is 1. The Morgan fingerprint density at radius 1 is 1.23 bits per heavy atom.